The lowest BCUT2D eigenvalue weighted by atomic mass is 9.72. The van der Waals surface area contributed by atoms with E-state index in [2.05, 4.69) is 217 Å². The lowest BCUT2D eigenvalue weighted by Crippen LogP contribution is -2.21. The Morgan fingerprint density at radius 3 is 1.56 bits per heavy atom. The number of benzene rings is 8. The number of rotatable bonds is 6. The minimum absolute atomic E-state index is 0.0607. The second kappa shape index (κ2) is 18.3. The molecule has 68 heavy (non-hydrogen) atoms. The zero-order chi connectivity index (χ0) is 46.4. The summed E-state index contributed by atoms with van der Waals surface area (Å²) >= 11 is 0. The second-order valence-corrected chi connectivity index (χ2v) is 22.3. The fourth-order valence-electron chi connectivity index (χ4n) is 12.7. The molecule has 0 N–H and O–H groups in total. The zero-order valence-electron chi connectivity index (χ0n) is 41.1. The molecule has 0 saturated heterocycles. The highest BCUT2D eigenvalue weighted by Gasteiger charge is 2.35. The Morgan fingerprint density at radius 2 is 0.868 bits per heavy atom. The Labute approximate surface area is 407 Å². The summed E-state index contributed by atoms with van der Waals surface area (Å²) in [6.45, 7) is 12.3. The molecule has 8 aromatic rings. The van der Waals surface area contributed by atoms with E-state index in [0.29, 0.717) is 17.3 Å². The van der Waals surface area contributed by atoms with Crippen LogP contribution in [0.15, 0.2) is 182 Å². The maximum Gasteiger partial charge on any atom is 0.0159 e. The standard InChI is InChI=1S/C68H68/c1-67(2,3)60-27-14-12-23-48(25-18-26-49(31-34-60)50-32-35-62-59(37-50)38-52-24-13-15-28-61(52)62)55-40-56(51-33-36-64-63-29-16-17-30-65(63)68(4,5)66(64)45-51)44-58(43-55)57-41-53(46-19-8-6-9-20-46)39-54(42-57)47-21-10-7-11-22-47/h6-11,13,15-17,19-22,24,28-30,32-33,35-37,39-45,48-49,60H,12,14,18,23,25-27,31,34,38H2,1-5H3. The first-order valence-electron chi connectivity index (χ1n) is 25.9. The molecule has 0 aliphatic heterocycles. The van der Waals surface area contributed by atoms with Crippen LogP contribution in [0.1, 0.15) is 138 Å². The van der Waals surface area contributed by atoms with Gasteiger partial charge < -0.3 is 0 Å². The van der Waals surface area contributed by atoms with E-state index in [-0.39, 0.29) is 5.41 Å². The lowest BCUT2D eigenvalue weighted by Gasteiger charge is -2.33. The maximum atomic E-state index is 2.61. The fraction of sp³-hybridized carbons (Fsp3) is 0.294. The summed E-state index contributed by atoms with van der Waals surface area (Å²) in [5, 5.41) is 0. The molecule has 0 spiro atoms. The van der Waals surface area contributed by atoms with E-state index >= 15 is 0 Å². The molecule has 11 rings (SSSR count). The smallest absolute Gasteiger partial charge is 0.0159 e. The van der Waals surface area contributed by atoms with E-state index in [1.807, 2.05) is 0 Å². The van der Waals surface area contributed by atoms with Crippen LogP contribution >= 0.6 is 0 Å². The van der Waals surface area contributed by atoms with Gasteiger partial charge in [-0.3, -0.25) is 0 Å². The van der Waals surface area contributed by atoms with Crippen LogP contribution in [0.5, 0.6) is 0 Å². The molecule has 0 amide bonds. The molecule has 3 aliphatic carbocycles. The van der Waals surface area contributed by atoms with Gasteiger partial charge in [-0.15, -0.1) is 0 Å². The van der Waals surface area contributed by atoms with Crippen molar-refractivity contribution in [3.8, 4) is 66.8 Å². The summed E-state index contributed by atoms with van der Waals surface area (Å²) in [6, 6.07) is 69.9. The first-order chi connectivity index (χ1) is 33.1. The minimum Gasteiger partial charge on any atom is -0.0622 e. The third-order valence-corrected chi connectivity index (χ3v) is 16.7. The molecule has 8 aromatic carbocycles. The topological polar surface area (TPSA) is 0 Å². The van der Waals surface area contributed by atoms with E-state index in [9.17, 15) is 0 Å². The molecule has 340 valence electrons. The monoisotopic (exact) mass is 885 g/mol. The van der Waals surface area contributed by atoms with Crippen molar-refractivity contribution in [2.75, 3.05) is 0 Å². The molecular formula is C68H68. The lowest BCUT2D eigenvalue weighted by molar-refractivity contribution is 0.195. The highest BCUT2D eigenvalue weighted by atomic mass is 14.4. The zero-order valence-corrected chi connectivity index (χ0v) is 41.1. The molecule has 0 aromatic heterocycles. The van der Waals surface area contributed by atoms with Gasteiger partial charge in [-0.1, -0.05) is 206 Å². The van der Waals surface area contributed by atoms with E-state index < -0.39 is 0 Å². The summed E-state index contributed by atoms with van der Waals surface area (Å²) in [6.07, 6.45) is 12.5. The van der Waals surface area contributed by atoms with Crippen LogP contribution < -0.4 is 0 Å². The first kappa shape index (κ1) is 44.3. The SMILES string of the molecule is CC1(C)c2ccccc2-c2ccc(-c3cc(-c4cc(-c5ccccc5)cc(-c5ccccc5)c4)cc(C4CCCCC(C(C)(C)C)CCC(c5ccc6c(c5)Cc5ccccc5-6)CCC4)c3)cc21. The Bertz CT molecular complexity index is 3030. The second-order valence-electron chi connectivity index (χ2n) is 22.3. The van der Waals surface area contributed by atoms with Gasteiger partial charge in [-0.05, 0) is 199 Å². The van der Waals surface area contributed by atoms with Crippen LogP contribution in [0.2, 0.25) is 0 Å². The van der Waals surface area contributed by atoms with Crippen LogP contribution in [-0.2, 0) is 11.8 Å². The van der Waals surface area contributed by atoms with E-state index in [1.54, 1.807) is 5.56 Å². The van der Waals surface area contributed by atoms with E-state index in [1.165, 1.54) is 152 Å². The summed E-state index contributed by atoms with van der Waals surface area (Å²) in [5.74, 6) is 1.78. The third-order valence-electron chi connectivity index (χ3n) is 16.7. The van der Waals surface area contributed by atoms with Crippen molar-refractivity contribution in [1.82, 2.24) is 0 Å². The summed E-state index contributed by atoms with van der Waals surface area (Å²) in [7, 11) is 0. The van der Waals surface area contributed by atoms with Crippen molar-refractivity contribution >= 4 is 0 Å². The third kappa shape index (κ3) is 8.73. The van der Waals surface area contributed by atoms with Gasteiger partial charge in [-0.2, -0.15) is 0 Å². The predicted molar refractivity (Wildman–Crippen MR) is 290 cm³/mol. The van der Waals surface area contributed by atoms with Gasteiger partial charge >= 0.3 is 0 Å². The quantitative estimate of drug-likeness (QED) is 0.156. The van der Waals surface area contributed by atoms with Crippen LogP contribution in [0.25, 0.3) is 66.8 Å². The molecule has 3 atom stereocenters. The van der Waals surface area contributed by atoms with Crippen LogP contribution in [-0.4, -0.2) is 0 Å². The molecule has 0 heteroatoms. The van der Waals surface area contributed by atoms with Crippen LogP contribution in [0.4, 0.5) is 0 Å². The molecule has 1 fully saturated rings. The number of hydrogen-bond donors (Lipinski definition) is 0. The van der Waals surface area contributed by atoms with Crippen molar-refractivity contribution in [3.63, 3.8) is 0 Å². The first-order valence-corrected chi connectivity index (χ1v) is 25.9. The minimum atomic E-state index is -0.0607. The average Bonchev–Trinajstić information content (AvgIpc) is 3.85. The summed E-state index contributed by atoms with van der Waals surface area (Å²) in [4.78, 5) is 0. The Kier molecular flexibility index (Phi) is 11.9. The van der Waals surface area contributed by atoms with Gasteiger partial charge in [0.25, 0.3) is 0 Å². The highest BCUT2D eigenvalue weighted by Crippen LogP contribution is 2.50. The Hall–Kier alpha value is -6.24. The van der Waals surface area contributed by atoms with E-state index in [0.717, 1.165) is 12.3 Å². The van der Waals surface area contributed by atoms with E-state index in [4.69, 9.17) is 0 Å². The van der Waals surface area contributed by atoms with Crippen molar-refractivity contribution in [2.24, 2.45) is 11.3 Å². The largest absolute Gasteiger partial charge is 0.0622 e. The predicted octanol–water partition coefficient (Wildman–Crippen LogP) is 19.3. The number of hydrogen-bond acceptors (Lipinski definition) is 0. The molecule has 0 heterocycles. The van der Waals surface area contributed by atoms with Crippen molar-refractivity contribution in [2.45, 2.75) is 116 Å². The molecule has 1 saturated carbocycles. The Balaban J connectivity index is 1.00. The van der Waals surface area contributed by atoms with Gasteiger partial charge in [0, 0.05) is 5.41 Å². The molecule has 0 radical (unpaired) electrons. The van der Waals surface area contributed by atoms with Gasteiger partial charge in [0.1, 0.15) is 0 Å². The molecule has 0 nitrogen and oxygen atoms in total. The maximum absolute atomic E-state index is 2.61. The van der Waals surface area contributed by atoms with Gasteiger partial charge in [0.05, 0.1) is 0 Å². The summed E-state index contributed by atoms with van der Waals surface area (Å²) in [5.41, 5.74) is 25.1. The fourth-order valence-corrected chi connectivity index (χ4v) is 12.7. The van der Waals surface area contributed by atoms with Gasteiger partial charge in [0.2, 0.25) is 0 Å². The highest BCUT2D eigenvalue weighted by molar-refractivity contribution is 5.86. The molecule has 3 unspecified atom stereocenters. The Morgan fingerprint density at radius 1 is 0.353 bits per heavy atom. The molecular weight excluding hydrogens is 817 g/mol. The molecule has 0 bridgehead atoms. The van der Waals surface area contributed by atoms with Crippen LogP contribution in [0, 0.1) is 11.3 Å². The van der Waals surface area contributed by atoms with Gasteiger partial charge in [-0.25, -0.2) is 0 Å². The number of fused-ring (bicyclic) bond motifs is 6. The van der Waals surface area contributed by atoms with Crippen molar-refractivity contribution in [1.29, 1.82) is 0 Å². The average molecular weight is 885 g/mol. The van der Waals surface area contributed by atoms with Crippen molar-refractivity contribution < 1.29 is 0 Å². The van der Waals surface area contributed by atoms with Crippen LogP contribution in [0.3, 0.4) is 0 Å². The summed E-state index contributed by atoms with van der Waals surface area (Å²) < 4.78 is 0. The molecule has 3 aliphatic rings. The van der Waals surface area contributed by atoms with Gasteiger partial charge in [0.15, 0.2) is 0 Å². The normalized spacial score (nSPS) is 18.9. The van der Waals surface area contributed by atoms with Crippen molar-refractivity contribution in [3.05, 3.63) is 215 Å².